The molecule has 0 aliphatic rings. The quantitative estimate of drug-likeness (QED) is 0.480. The topological polar surface area (TPSA) is 0 Å². The zero-order chi connectivity index (χ0) is 10.2. The Morgan fingerprint density at radius 1 is 1.21 bits per heavy atom. The molecule has 0 aliphatic carbocycles. The first-order valence-electron chi connectivity index (χ1n) is 3.48. The summed E-state index contributed by atoms with van der Waals surface area (Å²) < 4.78 is 49.4. The Morgan fingerprint density at radius 3 is 2.14 bits per heavy atom. The summed E-state index contributed by atoms with van der Waals surface area (Å²) in [4.78, 5) is 0. The summed E-state index contributed by atoms with van der Waals surface area (Å²) in [7, 11) is 0. The van der Waals surface area contributed by atoms with Gasteiger partial charge in [-0.1, -0.05) is 23.1 Å². The van der Waals surface area contributed by atoms with Gasteiger partial charge in [0.15, 0.2) is 0 Å². The van der Waals surface area contributed by atoms with Crippen molar-refractivity contribution in [3.63, 3.8) is 0 Å². The first-order chi connectivity index (χ1) is 5.84. The minimum absolute atomic E-state index is 0. The average molecular weight is 250 g/mol. The van der Waals surface area contributed by atoms with Gasteiger partial charge in [0, 0.05) is 10.6 Å². The van der Waals surface area contributed by atoms with E-state index in [0.717, 1.165) is 6.07 Å². The molecule has 0 amide bonds. The van der Waals surface area contributed by atoms with E-state index in [-0.39, 0.29) is 62.0 Å². The third kappa shape index (κ3) is 3.21. The van der Waals surface area contributed by atoms with Gasteiger partial charge in [-0.25, -0.2) is 4.39 Å². The van der Waals surface area contributed by atoms with Gasteiger partial charge in [-0.2, -0.15) is 0 Å². The van der Waals surface area contributed by atoms with E-state index < -0.39 is 18.3 Å². The summed E-state index contributed by atoms with van der Waals surface area (Å²) >= 11 is 5.44. The maximum Gasteiger partial charge on any atom is 1.00 e. The summed E-state index contributed by atoms with van der Waals surface area (Å²) in [6.07, 6.45) is 0. The van der Waals surface area contributed by atoms with Gasteiger partial charge in [0.1, 0.15) is 5.82 Å². The largest absolute Gasteiger partial charge is 1.00 e. The number of hydrogen-bond acceptors (Lipinski definition) is 0. The Hall–Kier alpha value is 0.931. The Labute approximate surface area is 126 Å². The van der Waals surface area contributed by atoms with Crippen molar-refractivity contribution in [1.29, 1.82) is 0 Å². The van der Waals surface area contributed by atoms with Crippen molar-refractivity contribution in [2.75, 3.05) is 0 Å². The van der Waals surface area contributed by atoms with Crippen molar-refractivity contribution in [3.05, 3.63) is 28.5 Å². The molecule has 0 radical (unpaired) electrons. The molecule has 0 N–H and O–H groups in total. The molecule has 0 saturated carbocycles. The van der Waals surface area contributed by atoms with Crippen LogP contribution in [0, 0.1) is 12.7 Å². The van der Waals surface area contributed by atoms with E-state index in [4.69, 9.17) is 11.6 Å². The molecule has 14 heavy (non-hydrogen) atoms. The maximum atomic E-state index is 13.0. The van der Waals surface area contributed by atoms with Gasteiger partial charge in [-0.15, -0.1) is 0 Å². The monoisotopic (exact) mass is 250 g/mol. The summed E-state index contributed by atoms with van der Waals surface area (Å²) in [6.45, 7) is -4.09. The Balaban J connectivity index is 0.00000169. The number of rotatable bonds is 1. The summed E-state index contributed by atoms with van der Waals surface area (Å²) in [5.74, 6) is -1.28. The summed E-state index contributed by atoms with van der Waals surface area (Å²) in [6, 6.07) is 1.70. The van der Waals surface area contributed by atoms with E-state index in [1.54, 1.807) is 0 Å². The van der Waals surface area contributed by atoms with Gasteiger partial charge in [-0.05, 0) is 13.0 Å². The van der Waals surface area contributed by atoms with E-state index in [2.05, 4.69) is 0 Å². The van der Waals surface area contributed by atoms with Gasteiger partial charge in [-0.3, -0.25) is 0 Å². The molecule has 0 nitrogen and oxygen atoms in total. The van der Waals surface area contributed by atoms with E-state index >= 15 is 0 Å². The van der Waals surface area contributed by atoms with Crippen LogP contribution in [0.5, 0.6) is 0 Å². The van der Waals surface area contributed by atoms with Crippen LogP contribution < -0.4 is 56.8 Å². The number of benzene rings is 1. The molecule has 1 aromatic carbocycles. The van der Waals surface area contributed by atoms with Gasteiger partial charge in [0.05, 0.1) is 0 Å². The van der Waals surface area contributed by atoms with Crippen LogP contribution in [0.1, 0.15) is 5.56 Å². The molecule has 0 bridgehead atoms. The van der Waals surface area contributed by atoms with Crippen LogP contribution in [0.25, 0.3) is 0 Å². The second kappa shape index (κ2) is 5.32. The average Bonchev–Trinajstić information content (AvgIpc) is 1.98. The van der Waals surface area contributed by atoms with Crippen LogP contribution in [0.4, 0.5) is 17.3 Å². The molecule has 0 aliphatic heterocycles. The molecule has 0 saturated heterocycles. The maximum absolute atomic E-state index is 13.0. The van der Waals surface area contributed by atoms with E-state index in [1.807, 2.05) is 0 Å². The molecule has 72 valence electrons. The van der Waals surface area contributed by atoms with Gasteiger partial charge < -0.3 is 12.9 Å². The van der Waals surface area contributed by atoms with Crippen molar-refractivity contribution in [2.24, 2.45) is 0 Å². The predicted molar refractivity (Wildman–Crippen MR) is 44.9 cm³/mol. The normalized spacial score (nSPS) is 11.0. The molecule has 1 rings (SSSR count). The fourth-order valence-corrected chi connectivity index (χ4v) is 1.08. The molecule has 0 unspecified atom stereocenters. The zero-order valence-electron chi connectivity index (χ0n) is 7.62. The van der Waals surface area contributed by atoms with Crippen molar-refractivity contribution in [3.8, 4) is 0 Å². The Morgan fingerprint density at radius 2 is 1.71 bits per heavy atom. The fraction of sp³-hybridized carbons (Fsp3) is 0.143. The third-order valence-electron chi connectivity index (χ3n) is 1.70. The first kappa shape index (κ1) is 14.9. The smallest absolute Gasteiger partial charge is 0.445 e. The second-order valence-corrected chi connectivity index (χ2v) is 3.06. The van der Waals surface area contributed by atoms with E-state index in [1.165, 1.54) is 6.92 Å². The SMILES string of the molecule is Cc1c(Cl)ccc([B-](F)(F)F)c1F.[K+]. The van der Waals surface area contributed by atoms with Crippen LogP contribution in [-0.2, 0) is 0 Å². The summed E-state index contributed by atoms with van der Waals surface area (Å²) in [5.41, 5.74) is -1.39. The first-order valence-corrected chi connectivity index (χ1v) is 3.86. The van der Waals surface area contributed by atoms with Crippen LogP contribution in [0.15, 0.2) is 12.1 Å². The van der Waals surface area contributed by atoms with Crippen LogP contribution in [-0.4, -0.2) is 6.98 Å². The molecule has 0 spiro atoms. The standard InChI is InChI=1S/C7H5BClF4.K/c1-4-6(9)3-2-5(7(4)10)8(11,12)13;/h2-3H,1H3;/q-1;+1. The zero-order valence-corrected chi connectivity index (χ0v) is 11.5. The minimum Gasteiger partial charge on any atom is -0.445 e. The van der Waals surface area contributed by atoms with Crippen molar-refractivity contribution in [2.45, 2.75) is 6.92 Å². The van der Waals surface area contributed by atoms with Gasteiger partial charge in [0.25, 0.3) is 0 Å². The second-order valence-electron chi connectivity index (χ2n) is 2.65. The molecule has 1 aromatic rings. The number of hydrogen-bond donors (Lipinski definition) is 0. The van der Waals surface area contributed by atoms with Crippen molar-refractivity contribution >= 4 is 24.0 Å². The third-order valence-corrected chi connectivity index (χ3v) is 2.11. The van der Waals surface area contributed by atoms with Gasteiger partial charge in [0.2, 0.25) is 0 Å². The van der Waals surface area contributed by atoms with E-state index in [0.29, 0.717) is 6.07 Å². The molecular formula is C7H5BClF4K. The Kier molecular flexibility index (Phi) is 5.67. The minimum atomic E-state index is -5.30. The van der Waals surface area contributed by atoms with E-state index in [9.17, 15) is 17.3 Å². The van der Waals surface area contributed by atoms with Crippen LogP contribution in [0.3, 0.4) is 0 Å². The molecule has 0 heterocycles. The molecule has 0 atom stereocenters. The van der Waals surface area contributed by atoms with Gasteiger partial charge >= 0.3 is 58.4 Å². The predicted octanol–water partition coefficient (Wildman–Crippen LogP) is -0.154. The molecule has 0 aromatic heterocycles. The Bertz CT molecular complexity index is 339. The van der Waals surface area contributed by atoms with Crippen molar-refractivity contribution < 1.29 is 68.7 Å². The summed E-state index contributed by atoms with van der Waals surface area (Å²) in [5, 5.41) is 0.00120. The van der Waals surface area contributed by atoms with Crippen LogP contribution >= 0.6 is 11.6 Å². The number of halogens is 5. The van der Waals surface area contributed by atoms with Crippen LogP contribution in [0.2, 0.25) is 5.02 Å². The molecule has 0 fully saturated rings. The fourth-order valence-electron chi connectivity index (χ4n) is 0.935. The molecule has 7 heteroatoms. The van der Waals surface area contributed by atoms with Crippen molar-refractivity contribution in [1.82, 2.24) is 0 Å². The molecular weight excluding hydrogens is 245 g/mol.